The highest BCUT2D eigenvalue weighted by molar-refractivity contribution is 5.95. The molecule has 0 spiro atoms. The number of carbonyl (C=O) groups excluding carboxylic acids is 1. The van der Waals surface area contributed by atoms with E-state index in [-0.39, 0.29) is 31.1 Å². The first kappa shape index (κ1) is 32.3. The Hall–Kier alpha value is -4.12. The summed E-state index contributed by atoms with van der Waals surface area (Å²) in [6.07, 6.45) is 7.24. The molecule has 242 valence electrons. The minimum absolute atomic E-state index is 0.00142. The summed E-state index contributed by atoms with van der Waals surface area (Å²) < 4.78 is 36.5. The van der Waals surface area contributed by atoms with Crippen LogP contribution >= 0.6 is 0 Å². The molecule has 1 fully saturated rings. The number of carbonyl (C=O) groups is 2. The first-order chi connectivity index (χ1) is 21.7. The highest BCUT2D eigenvalue weighted by Crippen LogP contribution is 2.47. The van der Waals surface area contributed by atoms with Crippen LogP contribution in [0.2, 0.25) is 0 Å². The number of halogens is 1. The number of nitrogens with zero attached hydrogens (tertiary/aromatic N) is 3. The zero-order chi connectivity index (χ0) is 32.1. The molecule has 3 atom stereocenters. The summed E-state index contributed by atoms with van der Waals surface area (Å²) in [5.74, 6) is -0.764. The average molecular weight is 624 g/mol. The molecule has 10 nitrogen and oxygen atoms in total. The van der Waals surface area contributed by atoms with Crippen molar-refractivity contribution < 1.29 is 37.7 Å². The van der Waals surface area contributed by atoms with Gasteiger partial charge in [0.05, 0.1) is 25.8 Å². The summed E-state index contributed by atoms with van der Waals surface area (Å²) in [4.78, 5) is 35.4. The van der Waals surface area contributed by atoms with Crippen molar-refractivity contribution in [3.05, 3.63) is 65.6 Å². The molecule has 3 aromatic rings. The number of rotatable bonds is 14. The van der Waals surface area contributed by atoms with Crippen LogP contribution in [0.25, 0.3) is 0 Å². The molecule has 2 aliphatic heterocycles. The number of anilines is 1. The number of fused-ring (bicyclic) bond motifs is 1. The number of aliphatic carboxylic acids is 1. The lowest BCUT2D eigenvalue weighted by Crippen LogP contribution is -2.48. The molecule has 45 heavy (non-hydrogen) atoms. The van der Waals surface area contributed by atoms with Crippen molar-refractivity contribution in [3.8, 4) is 17.2 Å². The van der Waals surface area contributed by atoms with Crippen LogP contribution in [0, 0.1) is 18.7 Å². The second-order valence-corrected chi connectivity index (χ2v) is 11.8. The Morgan fingerprint density at radius 3 is 2.60 bits per heavy atom. The highest BCUT2D eigenvalue weighted by Gasteiger charge is 2.48. The normalized spacial score (nSPS) is 19.3. The van der Waals surface area contributed by atoms with Crippen molar-refractivity contribution in [2.75, 3.05) is 31.9 Å². The van der Waals surface area contributed by atoms with Gasteiger partial charge in [-0.25, -0.2) is 9.37 Å². The molecule has 2 aliphatic rings. The lowest BCUT2D eigenvalue weighted by atomic mass is 9.83. The third kappa shape index (κ3) is 6.93. The molecule has 0 radical (unpaired) electrons. The van der Waals surface area contributed by atoms with Crippen molar-refractivity contribution in [2.24, 2.45) is 5.92 Å². The molecule has 1 aromatic heterocycles. The Morgan fingerprint density at radius 2 is 1.96 bits per heavy atom. The third-order valence-electron chi connectivity index (χ3n) is 8.92. The van der Waals surface area contributed by atoms with E-state index in [1.54, 1.807) is 36.2 Å². The number of aromatic nitrogens is 1. The summed E-state index contributed by atoms with van der Waals surface area (Å²) in [5.41, 5.74) is 1.85. The van der Waals surface area contributed by atoms with E-state index in [0.717, 1.165) is 31.2 Å². The zero-order valence-electron chi connectivity index (χ0n) is 26.3. The predicted octanol–water partition coefficient (Wildman–Crippen LogP) is 5.96. The molecule has 2 aromatic carbocycles. The monoisotopic (exact) mass is 623 g/mol. The first-order valence-electron chi connectivity index (χ1n) is 15.7. The molecular formula is C34H42FN3O7. The number of oxazole rings is 1. The standard InChI is InChI=1S/C34H42FN3O7/c1-5-7-23(8-6-2)38(24-9-10-26(35)21(3)15-24)31(39)19-37-18-25(22-16-28(42-4)33-29(17-22)44-20-45-33)32(34(40)41)27(37)11-12-30-36-13-14-43-30/h9-10,13-17,23,25,27,32H,5-8,11-12,18-20H2,1-4H3,(H,40,41)/t25-,27-,32+/m1/s1. The van der Waals surface area contributed by atoms with Gasteiger partial charge in [-0.05, 0) is 67.6 Å². The first-order valence-corrected chi connectivity index (χ1v) is 15.7. The van der Waals surface area contributed by atoms with Crippen LogP contribution in [0.3, 0.4) is 0 Å². The van der Waals surface area contributed by atoms with E-state index >= 15 is 0 Å². The number of ether oxygens (including phenoxy) is 3. The Morgan fingerprint density at radius 1 is 1.18 bits per heavy atom. The molecule has 5 rings (SSSR count). The smallest absolute Gasteiger partial charge is 0.308 e. The zero-order valence-corrected chi connectivity index (χ0v) is 26.3. The molecule has 0 unspecified atom stereocenters. The van der Waals surface area contributed by atoms with E-state index in [1.807, 2.05) is 11.0 Å². The minimum Gasteiger partial charge on any atom is -0.493 e. The topological polar surface area (TPSA) is 115 Å². The van der Waals surface area contributed by atoms with E-state index < -0.39 is 23.8 Å². The molecule has 1 saturated heterocycles. The van der Waals surface area contributed by atoms with Gasteiger partial charge in [0.1, 0.15) is 12.1 Å². The number of aryl methyl sites for hydroxylation is 2. The van der Waals surface area contributed by atoms with Gasteiger partial charge in [0, 0.05) is 36.7 Å². The summed E-state index contributed by atoms with van der Waals surface area (Å²) in [6, 6.07) is 7.83. The highest BCUT2D eigenvalue weighted by atomic mass is 19.1. The number of hydrogen-bond donors (Lipinski definition) is 1. The summed E-state index contributed by atoms with van der Waals surface area (Å²) in [6.45, 7) is 6.24. The number of carboxylic acid groups (broad SMARTS) is 1. The number of likely N-dealkylation sites (tertiary alicyclic amines) is 1. The molecule has 0 bridgehead atoms. The third-order valence-corrected chi connectivity index (χ3v) is 8.92. The van der Waals surface area contributed by atoms with E-state index in [9.17, 15) is 19.1 Å². The lowest BCUT2D eigenvalue weighted by Gasteiger charge is -2.35. The second-order valence-electron chi connectivity index (χ2n) is 11.8. The average Bonchev–Trinajstić information content (AvgIpc) is 3.78. The van der Waals surface area contributed by atoms with E-state index in [4.69, 9.17) is 18.6 Å². The second kappa shape index (κ2) is 14.3. The van der Waals surface area contributed by atoms with Crippen LogP contribution in [0.5, 0.6) is 17.2 Å². The van der Waals surface area contributed by atoms with Gasteiger partial charge in [0.15, 0.2) is 17.4 Å². The summed E-state index contributed by atoms with van der Waals surface area (Å²) >= 11 is 0. The number of carboxylic acids is 1. The molecular weight excluding hydrogens is 581 g/mol. The maximum Gasteiger partial charge on any atom is 0.308 e. The summed E-state index contributed by atoms with van der Waals surface area (Å²) in [5, 5.41) is 10.6. The quantitative estimate of drug-likeness (QED) is 0.232. The maximum absolute atomic E-state index is 14.4. The molecule has 3 heterocycles. The Bertz CT molecular complexity index is 1470. The molecule has 1 N–H and O–H groups in total. The van der Waals surface area contributed by atoms with Crippen molar-refractivity contribution >= 4 is 17.6 Å². The van der Waals surface area contributed by atoms with Crippen molar-refractivity contribution in [1.29, 1.82) is 0 Å². The van der Waals surface area contributed by atoms with E-state index in [2.05, 4.69) is 18.8 Å². The molecule has 1 amide bonds. The van der Waals surface area contributed by atoms with Gasteiger partial charge in [-0.3, -0.25) is 14.5 Å². The van der Waals surface area contributed by atoms with Crippen LogP contribution in [-0.2, 0) is 16.0 Å². The van der Waals surface area contributed by atoms with Gasteiger partial charge in [-0.2, -0.15) is 0 Å². The Labute approximate surface area is 263 Å². The molecule has 0 aliphatic carbocycles. The van der Waals surface area contributed by atoms with E-state index in [1.165, 1.54) is 19.4 Å². The van der Waals surface area contributed by atoms with Crippen LogP contribution in [0.15, 0.2) is 47.2 Å². The summed E-state index contributed by atoms with van der Waals surface area (Å²) in [7, 11) is 1.53. The fraction of sp³-hybridized carbons (Fsp3) is 0.500. The largest absolute Gasteiger partial charge is 0.493 e. The Kier molecular flexibility index (Phi) is 10.3. The van der Waals surface area contributed by atoms with Crippen LogP contribution in [0.4, 0.5) is 10.1 Å². The van der Waals surface area contributed by atoms with Gasteiger partial charge in [0.2, 0.25) is 18.4 Å². The number of benzene rings is 2. The number of hydrogen-bond acceptors (Lipinski definition) is 8. The SMILES string of the molecule is CCCC(CCC)N(C(=O)CN1C[C@H](c2cc(OC)c3c(c2)OCO3)[C@H](C(=O)O)[C@H]1CCc1ncco1)c1ccc(F)c(C)c1. The number of methoxy groups -OCH3 is 1. The fourth-order valence-corrected chi connectivity index (χ4v) is 6.86. The lowest BCUT2D eigenvalue weighted by molar-refractivity contribution is -0.143. The Balaban J connectivity index is 1.51. The van der Waals surface area contributed by atoms with Gasteiger partial charge < -0.3 is 28.6 Å². The maximum atomic E-state index is 14.4. The predicted molar refractivity (Wildman–Crippen MR) is 165 cm³/mol. The van der Waals surface area contributed by atoms with Crippen LogP contribution in [0.1, 0.15) is 68.9 Å². The van der Waals surface area contributed by atoms with Crippen molar-refractivity contribution in [1.82, 2.24) is 9.88 Å². The van der Waals surface area contributed by atoms with Gasteiger partial charge >= 0.3 is 5.97 Å². The van der Waals surface area contributed by atoms with Crippen molar-refractivity contribution in [3.63, 3.8) is 0 Å². The molecule has 0 saturated carbocycles. The number of amides is 1. The van der Waals surface area contributed by atoms with Gasteiger partial charge in [0.25, 0.3) is 0 Å². The minimum atomic E-state index is -0.954. The van der Waals surface area contributed by atoms with Crippen LogP contribution in [-0.4, -0.2) is 65.9 Å². The van der Waals surface area contributed by atoms with Crippen molar-refractivity contribution in [2.45, 2.75) is 77.3 Å². The van der Waals surface area contributed by atoms with Crippen LogP contribution < -0.4 is 19.1 Å². The fourth-order valence-electron chi connectivity index (χ4n) is 6.86. The van der Waals surface area contributed by atoms with Gasteiger partial charge in [-0.15, -0.1) is 0 Å². The van der Waals surface area contributed by atoms with E-state index in [0.29, 0.717) is 53.8 Å². The molecule has 11 heteroatoms. The van der Waals surface area contributed by atoms with Gasteiger partial charge in [-0.1, -0.05) is 26.7 Å².